The first-order valence-corrected chi connectivity index (χ1v) is 7.26. The Morgan fingerprint density at radius 3 is 2.82 bits per heavy atom. The van der Waals surface area contributed by atoms with E-state index in [1.165, 1.54) is 0 Å². The number of nitrogens with zero attached hydrogens (tertiary/aromatic N) is 1. The monoisotopic (exact) mass is 258 g/mol. The quantitative estimate of drug-likeness (QED) is 0.658. The van der Waals surface area contributed by atoms with Crippen LogP contribution in [0.1, 0.15) is 18.4 Å². The van der Waals surface area contributed by atoms with Gasteiger partial charge in [-0.15, -0.1) is 0 Å². The lowest BCUT2D eigenvalue weighted by molar-refractivity contribution is 0.287. The van der Waals surface area contributed by atoms with Crippen molar-refractivity contribution in [2.24, 2.45) is 0 Å². The molecule has 1 rings (SSSR count). The number of nitrogens with one attached hydrogen (secondary N) is 1. The minimum absolute atomic E-state index is 0.0329. The molecule has 1 aromatic heterocycles. The number of aliphatic hydroxyl groups excluding tert-OH is 1. The summed E-state index contributed by atoms with van der Waals surface area (Å²) in [4.78, 5) is 3.96. The molecule has 6 heteroatoms. The summed E-state index contributed by atoms with van der Waals surface area (Å²) in [5.74, 6) is 0.0700. The summed E-state index contributed by atoms with van der Waals surface area (Å²) in [6.45, 7) is 0.415. The van der Waals surface area contributed by atoms with Gasteiger partial charge < -0.3 is 5.11 Å². The largest absolute Gasteiger partial charge is 0.396 e. The van der Waals surface area contributed by atoms with Crippen molar-refractivity contribution in [2.75, 3.05) is 18.9 Å². The van der Waals surface area contributed by atoms with E-state index in [4.69, 9.17) is 5.11 Å². The van der Waals surface area contributed by atoms with Crippen molar-refractivity contribution in [3.05, 3.63) is 30.1 Å². The number of aromatic nitrogens is 1. The average Bonchev–Trinajstić information content (AvgIpc) is 2.30. The lowest BCUT2D eigenvalue weighted by atomic mass is 10.2. The van der Waals surface area contributed by atoms with Gasteiger partial charge in [0.05, 0.1) is 5.75 Å². The fraction of sp³-hybridized carbons (Fsp3) is 0.545. The van der Waals surface area contributed by atoms with Crippen LogP contribution in [0, 0.1) is 0 Å². The molecular weight excluding hydrogens is 240 g/mol. The number of aliphatic hydroxyl groups is 1. The topological polar surface area (TPSA) is 79.3 Å². The fourth-order valence-electron chi connectivity index (χ4n) is 1.37. The lowest BCUT2D eigenvalue weighted by Gasteiger charge is -2.06. The predicted octanol–water partition coefficient (Wildman–Crippen LogP) is 0.316. The summed E-state index contributed by atoms with van der Waals surface area (Å²) in [6.07, 6.45) is 5.04. The van der Waals surface area contributed by atoms with Crippen LogP contribution >= 0.6 is 0 Å². The maximum Gasteiger partial charge on any atom is 0.211 e. The van der Waals surface area contributed by atoms with Crippen LogP contribution in [0.15, 0.2) is 24.5 Å². The zero-order valence-corrected chi connectivity index (χ0v) is 10.5. The van der Waals surface area contributed by atoms with Crippen molar-refractivity contribution in [3.63, 3.8) is 0 Å². The van der Waals surface area contributed by atoms with E-state index >= 15 is 0 Å². The first-order chi connectivity index (χ1) is 8.14. The average molecular weight is 258 g/mol. The van der Waals surface area contributed by atoms with Crippen LogP contribution in [0.4, 0.5) is 0 Å². The van der Waals surface area contributed by atoms with Gasteiger partial charge >= 0.3 is 0 Å². The molecule has 0 saturated carbocycles. The zero-order chi connectivity index (χ0) is 12.6. The molecule has 0 spiro atoms. The molecule has 0 radical (unpaired) electrons. The van der Waals surface area contributed by atoms with Crippen LogP contribution < -0.4 is 4.72 Å². The van der Waals surface area contributed by atoms with E-state index in [1.54, 1.807) is 12.4 Å². The van der Waals surface area contributed by atoms with Crippen molar-refractivity contribution in [1.29, 1.82) is 0 Å². The van der Waals surface area contributed by atoms with Gasteiger partial charge in [0, 0.05) is 25.5 Å². The molecule has 0 fully saturated rings. The van der Waals surface area contributed by atoms with Crippen LogP contribution in [0.3, 0.4) is 0 Å². The Bertz CT molecular complexity index is 406. The second kappa shape index (κ2) is 7.37. The molecular formula is C11H18N2O3S. The summed E-state index contributed by atoms with van der Waals surface area (Å²) < 4.78 is 25.5. The molecule has 1 heterocycles. The number of sulfonamides is 1. The molecule has 0 aliphatic carbocycles. The van der Waals surface area contributed by atoms with Crippen LogP contribution in [0.2, 0.25) is 0 Å². The summed E-state index contributed by atoms with van der Waals surface area (Å²) in [6, 6.07) is 3.73. The third kappa shape index (κ3) is 6.35. The molecule has 0 bridgehead atoms. The van der Waals surface area contributed by atoms with Crippen molar-refractivity contribution in [2.45, 2.75) is 19.3 Å². The van der Waals surface area contributed by atoms with Gasteiger partial charge in [0.25, 0.3) is 0 Å². The summed E-state index contributed by atoms with van der Waals surface area (Å²) in [5, 5.41) is 8.57. The van der Waals surface area contributed by atoms with Gasteiger partial charge in [-0.3, -0.25) is 4.98 Å². The molecule has 5 nitrogen and oxygen atoms in total. The summed E-state index contributed by atoms with van der Waals surface area (Å²) in [7, 11) is -3.21. The smallest absolute Gasteiger partial charge is 0.211 e. The maximum atomic E-state index is 11.5. The highest BCUT2D eigenvalue weighted by Crippen LogP contribution is 1.97. The molecule has 1 aromatic rings. The van der Waals surface area contributed by atoms with Crippen molar-refractivity contribution in [1.82, 2.24) is 9.71 Å². The van der Waals surface area contributed by atoms with Crippen LogP contribution in [-0.2, 0) is 16.4 Å². The van der Waals surface area contributed by atoms with Crippen LogP contribution in [-0.4, -0.2) is 37.4 Å². The van der Waals surface area contributed by atoms with Crippen molar-refractivity contribution in [3.8, 4) is 0 Å². The third-order valence-electron chi connectivity index (χ3n) is 2.28. The fourth-order valence-corrected chi connectivity index (χ4v) is 2.51. The van der Waals surface area contributed by atoms with E-state index in [-0.39, 0.29) is 12.4 Å². The third-order valence-corrected chi connectivity index (χ3v) is 3.75. The summed E-state index contributed by atoms with van der Waals surface area (Å²) >= 11 is 0. The number of pyridine rings is 1. The number of unbranched alkanes of at least 4 members (excludes halogenated alkanes) is 1. The summed E-state index contributed by atoms with van der Waals surface area (Å²) in [5.41, 5.74) is 1.01. The molecule has 17 heavy (non-hydrogen) atoms. The molecule has 0 aliphatic heterocycles. The van der Waals surface area contributed by atoms with Gasteiger partial charge in [-0.25, -0.2) is 13.1 Å². The molecule has 0 amide bonds. The minimum Gasteiger partial charge on any atom is -0.396 e. The zero-order valence-electron chi connectivity index (χ0n) is 9.67. The van der Waals surface area contributed by atoms with Gasteiger partial charge in [0.1, 0.15) is 0 Å². The molecule has 0 unspecified atom stereocenters. The molecule has 0 aliphatic rings. The molecule has 0 atom stereocenters. The van der Waals surface area contributed by atoms with E-state index in [0.717, 1.165) is 5.56 Å². The Morgan fingerprint density at radius 1 is 1.35 bits per heavy atom. The van der Waals surface area contributed by atoms with Gasteiger partial charge in [-0.1, -0.05) is 6.07 Å². The normalized spacial score (nSPS) is 11.6. The Hall–Kier alpha value is -0.980. The molecule has 0 saturated heterocycles. The number of rotatable bonds is 8. The second-order valence-corrected chi connectivity index (χ2v) is 5.68. The minimum atomic E-state index is -3.21. The number of hydrogen-bond acceptors (Lipinski definition) is 4. The Kier molecular flexibility index (Phi) is 6.10. The van der Waals surface area contributed by atoms with E-state index < -0.39 is 10.0 Å². The first kappa shape index (κ1) is 14.1. The van der Waals surface area contributed by atoms with Gasteiger partial charge in [-0.2, -0.15) is 0 Å². The Balaban J connectivity index is 2.26. The van der Waals surface area contributed by atoms with E-state index in [2.05, 4.69) is 9.71 Å². The molecule has 96 valence electrons. The maximum absolute atomic E-state index is 11.5. The standard InChI is InChI=1S/C11H18N2O3S/c14-8-1-2-9-17(15,16)13-7-5-11-4-3-6-12-10-11/h3-4,6,10,13-14H,1-2,5,7-9H2. The van der Waals surface area contributed by atoms with E-state index in [1.807, 2.05) is 12.1 Å². The second-order valence-electron chi connectivity index (χ2n) is 3.76. The lowest BCUT2D eigenvalue weighted by Crippen LogP contribution is -2.28. The van der Waals surface area contributed by atoms with E-state index in [0.29, 0.717) is 25.8 Å². The van der Waals surface area contributed by atoms with Gasteiger partial charge in [-0.05, 0) is 30.9 Å². The highest BCUT2D eigenvalue weighted by atomic mass is 32.2. The Labute approximate surface area is 102 Å². The first-order valence-electron chi connectivity index (χ1n) is 5.61. The highest BCUT2D eigenvalue weighted by Gasteiger charge is 2.08. The molecule has 0 aromatic carbocycles. The van der Waals surface area contributed by atoms with Gasteiger partial charge in [0.15, 0.2) is 0 Å². The SMILES string of the molecule is O=S(=O)(CCCCO)NCCc1cccnc1. The predicted molar refractivity (Wildman–Crippen MR) is 66.1 cm³/mol. The van der Waals surface area contributed by atoms with Crippen molar-refractivity contribution >= 4 is 10.0 Å². The van der Waals surface area contributed by atoms with Gasteiger partial charge in [0.2, 0.25) is 10.0 Å². The highest BCUT2D eigenvalue weighted by molar-refractivity contribution is 7.89. The van der Waals surface area contributed by atoms with Crippen LogP contribution in [0.25, 0.3) is 0 Å². The van der Waals surface area contributed by atoms with Crippen LogP contribution in [0.5, 0.6) is 0 Å². The molecule has 2 N–H and O–H groups in total. The number of hydrogen-bond donors (Lipinski definition) is 2. The van der Waals surface area contributed by atoms with E-state index in [9.17, 15) is 8.42 Å². The Morgan fingerprint density at radius 2 is 2.18 bits per heavy atom. The van der Waals surface area contributed by atoms with Crippen molar-refractivity contribution < 1.29 is 13.5 Å².